The topological polar surface area (TPSA) is 175 Å². The van der Waals surface area contributed by atoms with Gasteiger partial charge in [0.1, 0.15) is 29.9 Å². The van der Waals surface area contributed by atoms with Gasteiger partial charge >= 0.3 is 12.1 Å². The normalized spacial score (nSPS) is 23.1. The van der Waals surface area contributed by atoms with Gasteiger partial charge in [-0.15, -0.1) is 0 Å². The molecule has 4 N–H and O–H groups in total. The van der Waals surface area contributed by atoms with E-state index < -0.39 is 65.5 Å². The quantitative estimate of drug-likeness (QED) is 0.0760. The highest BCUT2D eigenvalue weighted by Crippen LogP contribution is 2.66. The number of nitrogens with zero attached hydrogens (tertiary/aromatic N) is 2. The Labute approximate surface area is 358 Å². The second-order valence-corrected chi connectivity index (χ2v) is 15.3. The highest BCUT2D eigenvalue weighted by molar-refractivity contribution is 6.23. The van der Waals surface area contributed by atoms with Crippen LogP contribution in [0.4, 0.5) is 10.5 Å². The lowest BCUT2D eigenvalue weighted by molar-refractivity contribution is -0.178. The number of phenolic OH excluding ortho intramolecular Hbond substituents is 1. The average molecular weight is 836 g/mol. The minimum absolute atomic E-state index is 0.0391. The van der Waals surface area contributed by atoms with Crippen molar-refractivity contribution < 1.29 is 48.7 Å². The standard InChI is InChI=1S/C49H45N3O10/c1-60-27-28-61-48(59)51-38-25-20-31(13-11-12-26-53)29-37(38)49(47(51)58)40(45(56)50-30-39(55)32-14-5-2-6-15-32)42-46(57)62-43(34-18-9-4-10-19-34)41(33-16-7-3-8-17-33)52(42)44(49)35-21-23-36(54)24-22-35/h2-10,14-25,29,39-44,53-55H,12,26-28,30H2,1H3,(H,50,56)/t39-,40+,41+,42+,43-,44-,49+/m0/s1. The van der Waals surface area contributed by atoms with E-state index >= 15 is 14.4 Å². The molecule has 2 fully saturated rings. The Balaban J connectivity index is 1.42. The van der Waals surface area contributed by atoms with Crippen LogP contribution in [0.2, 0.25) is 0 Å². The van der Waals surface area contributed by atoms with Gasteiger partial charge in [-0.2, -0.15) is 0 Å². The van der Waals surface area contributed by atoms with Crippen LogP contribution in [-0.2, 0) is 34.0 Å². The molecule has 5 aromatic rings. The molecule has 3 heterocycles. The van der Waals surface area contributed by atoms with Crippen molar-refractivity contribution in [2.24, 2.45) is 5.92 Å². The number of phenols is 1. The lowest BCUT2D eigenvalue weighted by Crippen LogP contribution is -2.56. The Kier molecular flexibility index (Phi) is 12.2. The maximum atomic E-state index is 16.1. The van der Waals surface area contributed by atoms with Gasteiger partial charge in [0.2, 0.25) is 11.8 Å². The van der Waals surface area contributed by atoms with Gasteiger partial charge in [-0.1, -0.05) is 115 Å². The van der Waals surface area contributed by atoms with E-state index in [1.807, 2.05) is 65.6 Å². The van der Waals surface area contributed by atoms with Crippen LogP contribution in [-0.4, -0.2) is 83.6 Å². The van der Waals surface area contributed by atoms with E-state index in [0.29, 0.717) is 27.8 Å². The third-order valence-electron chi connectivity index (χ3n) is 11.8. The highest BCUT2D eigenvalue weighted by atomic mass is 16.6. The van der Waals surface area contributed by atoms with E-state index in [1.54, 1.807) is 60.7 Å². The molecule has 2 saturated heterocycles. The summed E-state index contributed by atoms with van der Waals surface area (Å²) in [6.07, 6.45) is -2.97. The number of methoxy groups -OCH3 is 1. The molecule has 0 aromatic heterocycles. The number of hydrogen-bond donors (Lipinski definition) is 4. The number of morpholine rings is 1. The van der Waals surface area contributed by atoms with Gasteiger partial charge in [0.15, 0.2) is 0 Å². The van der Waals surface area contributed by atoms with Crippen LogP contribution in [0, 0.1) is 17.8 Å². The molecule has 3 aliphatic heterocycles. The number of benzene rings is 5. The van der Waals surface area contributed by atoms with Crippen molar-refractivity contribution in [3.05, 3.63) is 167 Å². The molecule has 0 unspecified atom stereocenters. The summed E-state index contributed by atoms with van der Waals surface area (Å²) in [6.45, 7) is -0.627. The molecular weight excluding hydrogens is 791 g/mol. The number of aliphatic hydroxyl groups excluding tert-OH is 2. The van der Waals surface area contributed by atoms with E-state index in [-0.39, 0.29) is 49.8 Å². The maximum Gasteiger partial charge on any atom is 0.421 e. The summed E-state index contributed by atoms with van der Waals surface area (Å²) in [7, 11) is 1.44. The molecule has 0 aliphatic carbocycles. The van der Waals surface area contributed by atoms with Gasteiger partial charge in [-0.05, 0) is 58.1 Å². The summed E-state index contributed by atoms with van der Waals surface area (Å²) in [4.78, 5) is 63.7. The fourth-order valence-corrected chi connectivity index (χ4v) is 9.22. The lowest BCUT2D eigenvalue weighted by Gasteiger charge is -2.46. The first kappa shape index (κ1) is 41.9. The van der Waals surface area contributed by atoms with Crippen molar-refractivity contribution >= 4 is 29.6 Å². The first-order valence-corrected chi connectivity index (χ1v) is 20.3. The number of anilines is 1. The molecule has 13 nitrogen and oxygen atoms in total. The van der Waals surface area contributed by atoms with E-state index in [2.05, 4.69) is 17.2 Å². The fraction of sp³-hybridized carbons (Fsp3) is 0.265. The molecule has 13 heteroatoms. The lowest BCUT2D eigenvalue weighted by atomic mass is 9.65. The zero-order chi connectivity index (χ0) is 43.4. The van der Waals surface area contributed by atoms with Crippen molar-refractivity contribution in [2.75, 3.05) is 38.4 Å². The number of nitrogens with one attached hydrogen (secondary N) is 1. The molecule has 7 atom stereocenters. The minimum atomic E-state index is -2.09. The van der Waals surface area contributed by atoms with E-state index in [0.717, 1.165) is 4.90 Å². The summed E-state index contributed by atoms with van der Waals surface area (Å²) in [5.41, 5.74) is 0.997. The van der Waals surface area contributed by atoms with Crippen molar-refractivity contribution in [1.29, 1.82) is 0 Å². The largest absolute Gasteiger partial charge is 0.508 e. The smallest absolute Gasteiger partial charge is 0.421 e. The summed E-state index contributed by atoms with van der Waals surface area (Å²) in [6, 6.07) is 34.8. The predicted octanol–water partition coefficient (Wildman–Crippen LogP) is 5.42. The zero-order valence-electron chi connectivity index (χ0n) is 33.8. The first-order valence-electron chi connectivity index (χ1n) is 20.3. The van der Waals surface area contributed by atoms with Crippen molar-refractivity contribution in [3.8, 4) is 17.6 Å². The van der Waals surface area contributed by atoms with Gasteiger partial charge < -0.3 is 34.8 Å². The van der Waals surface area contributed by atoms with Gasteiger partial charge in [0.05, 0.1) is 43.0 Å². The van der Waals surface area contributed by atoms with Crippen molar-refractivity contribution in [2.45, 2.75) is 42.2 Å². The number of cyclic esters (lactones) is 1. The molecule has 3 aliphatic rings. The molecule has 0 bridgehead atoms. The second-order valence-electron chi connectivity index (χ2n) is 15.3. The van der Waals surface area contributed by atoms with Crippen LogP contribution in [0.25, 0.3) is 0 Å². The number of rotatable bonds is 11. The van der Waals surface area contributed by atoms with E-state index in [1.165, 1.54) is 19.2 Å². The Morgan fingerprint density at radius 3 is 2.16 bits per heavy atom. The second kappa shape index (κ2) is 18.0. The summed E-state index contributed by atoms with van der Waals surface area (Å²) in [5, 5.41) is 34.4. The molecule has 62 heavy (non-hydrogen) atoms. The number of aliphatic hydroxyl groups is 2. The molecule has 0 saturated carbocycles. The number of ether oxygens (including phenoxy) is 3. The summed E-state index contributed by atoms with van der Waals surface area (Å²) < 4.78 is 17.2. The third kappa shape index (κ3) is 7.47. The Hall–Kier alpha value is -6.82. The minimum Gasteiger partial charge on any atom is -0.508 e. The Morgan fingerprint density at radius 2 is 1.50 bits per heavy atom. The molecule has 5 aromatic carbocycles. The predicted molar refractivity (Wildman–Crippen MR) is 226 cm³/mol. The number of esters is 1. The molecule has 316 valence electrons. The maximum absolute atomic E-state index is 16.1. The molecular formula is C49H45N3O10. The first-order chi connectivity index (χ1) is 30.2. The van der Waals surface area contributed by atoms with Gasteiger partial charge in [0, 0.05) is 25.6 Å². The van der Waals surface area contributed by atoms with Crippen LogP contribution in [0.5, 0.6) is 5.75 Å². The number of aromatic hydroxyl groups is 1. The number of imide groups is 1. The molecule has 3 amide bonds. The molecule has 8 rings (SSSR count). The van der Waals surface area contributed by atoms with Crippen molar-refractivity contribution in [1.82, 2.24) is 10.2 Å². The highest BCUT2D eigenvalue weighted by Gasteiger charge is 2.75. The van der Waals surface area contributed by atoms with Gasteiger partial charge in [-0.3, -0.25) is 19.3 Å². The summed E-state index contributed by atoms with van der Waals surface area (Å²) in [5.74, 6) is 1.89. The number of amides is 3. The molecule has 0 radical (unpaired) electrons. The van der Waals surface area contributed by atoms with E-state index in [9.17, 15) is 20.1 Å². The third-order valence-corrected chi connectivity index (χ3v) is 11.8. The molecule has 1 spiro atoms. The van der Waals surface area contributed by atoms with Crippen molar-refractivity contribution in [3.63, 3.8) is 0 Å². The Bertz CT molecular complexity index is 2490. The van der Waals surface area contributed by atoms with Crippen LogP contribution in [0.1, 0.15) is 64.1 Å². The number of hydrogen-bond acceptors (Lipinski definition) is 11. The van der Waals surface area contributed by atoms with Crippen LogP contribution < -0.4 is 10.2 Å². The summed E-state index contributed by atoms with van der Waals surface area (Å²) >= 11 is 0. The monoisotopic (exact) mass is 835 g/mol. The van der Waals surface area contributed by atoms with Crippen LogP contribution >= 0.6 is 0 Å². The van der Waals surface area contributed by atoms with Gasteiger partial charge in [-0.25, -0.2) is 9.69 Å². The van der Waals surface area contributed by atoms with Crippen LogP contribution in [0.15, 0.2) is 133 Å². The average Bonchev–Trinajstić information content (AvgIpc) is 3.75. The SMILES string of the molecule is COCCOC(=O)N1C(=O)[C@@]2(c3cc(C#CCCO)ccc31)[C@H](c1ccc(O)cc1)N1[C@H](c3ccccc3)[C@H](c3ccccc3)OC(=O)[C@H]1[C@@H]2C(=O)NC[C@H](O)c1ccccc1. The Morgan fingerprint density at radius 1 is 0.839 bits per heavy atom. The number of carbonyl (C=O) groups is 4. The number of fused-ring (bicyclic) bond motifs is 3. The van der Waals surface area contributed by atoms with E-state index in [4.69, 9.17) is 14.2 Å². The van der Waals surface area contributed by atoms with Gasteiger partial charge in [0.25, 0.3) is 0 Å². The zero-order valence-corrected chi connectivity index (χ0v) is 33.8. The fourth-order valence-electron chi connectivity index (χ4n) is 9.22. The number of carbonyl (C=O) groups excluding carboxylic acids is 4. The van der Waals surface area contributed by atoms with Crippen LogP contribution in [0.3, 0.4) is 0 Å².